The van der Waals surface area contributed by atoms with Gasteiger partial charge in [-0.3, -0.25) is 9.85 Å². The van der Waals surface area contributed by atoms with Crippen molar-refractivity contribution in [3.8, 4) is 0 Å². The molecule has 19 heavy (non-hydrogen) atoms. The first-order valence-corrected chi connectivity index (χ1v) is 7.64. The third-order valence-electron chi connectivity index (χ3n) is 3.87. The zero-order chi connectivity index (χ0) is 13.9. The first kappa shape index (κ1) is 14.4. The summed E-state index contributed by atoms with van der Waals surface area (Å²) in [6, 6.07) is 0. The lowest BCUT2D eigenvalue weighted by molar-refractivity contribution is -0.269. The molecule has 3 heteroatoms. The summed E-state index contributed by atoms with van der Waals surface area (Å²) >= 11 is 0. The summed E-state index contributed by atoms with van der Waals surface area (Å²) in [5.41, 5.74) is 1.36. The molecule has 2 aliphatic rings. The first-order chi connectivity index (χ1) is 9.04. The van der Waals surface area contributed by atoms with Gasteiger partial charge in [-0.05, 0) is 52.7 Å². The minimum absolute atomic E-state index is 0.0276. The largest absolute Gasteiger partial charge is 0.264 e. The van der Waals surface area contributed by atoms with Crippen LogP contribution >= 0.6 is 0 Å². The minimum Gasteiger partial charge on any atom is -0.264 e. The third-order valence-corrected chi connectivity index (χ3v) is 3.87. The van der Waals surface area contributed by atoms with E-state index in [4.69, 9.17) is 4.84 Å². The zero-order valence-electron chi connectivity index (χ0n) is 12.9. The Bertz CT molecular complexity index is 348. The fraction of sp³-hybridized carbons (Fsp3) is 0.750. The van der Waals surface area contributed by atoms with Crippen molar-refractivity contribution in [2.75, 3.05) is 6.61 Å². The number of hydrazine groups is 1. The van der Waals surface area contributed by atoms with Crippen LogP contribution in [0.4, 0.5) is 0 Å². The van der Waals surface area contributed by atoms with Crippen molar-refractivity contribution in [2.45, 2.75) is 65.3 Å². The maximum absolute atomic E-state index is 5.93. The molecule has 108 valence electrons. The van der Waals surface area contributed by atoms with E-state index in [0.717, 1.165) is 0 Å². The van der Waals surface area contributed by atoms with Crippen LogP contribution in [0.1, 0.15) is 59.8 Å². The van der Waals surface area contributed by atoms with E-state index in [2.05, 4.69) is 51.1 Å². The number of hydroxylamine groups is 1. The van der Waals surface area contributed by atoms with Gasteiger partial charge in [0.05, 0.1) is 17.8 Å². The smallest absolute Gasteiger partial charge is 0.0742 e. The summed E-state index contributed by atoms with van der Waals surface area (Å²) in [4.78, 5) is 5.93. The molecule has 0 N–H and O–H groups in total. The van der Waals surface area contributed by atoms with Gasteiger partial charge < -0.3 is 0 Å². The molecule has 1 fully saturated rings. The number of nitrogens with zero attached hydrogens (tertiary/aromatic N) is 2. The van der Waals surface area contributed by atoms with Crippen LogP contribution in [0, 0.1) is 5.92 Å². The molecule has 1 aliphatic heterocycles. The maximum Gasteiger partial charge on any atom is 0.0742 e. The number of hydrogen-bond donors (Lipinski definition) is 0. The summed E-state index contributed by atoms with van der Waals surface area (Å²) in [6.45, 7) is 9.40. The maximum atomic E-state index is 5.93. The summed E-state index contributed by atoms with van der Waals surface area (Å²) in [5.74, 6) is 0.648. The van der Waals surface area contributed by atoms with Crippen LogP contribution in [0.5, 0.6) is 0 Å². The van der Waals surface area contributed by atoms with Crippen LogP contribution in [0.3, 0.4) is 0 Å². The van der Waals surface area contributed by atoms with Gasteiger partial charge >= 0.3 is 0 Å². The van der Waals surface area contributed by atoms with E-state index in [9.17, 15) is 0 Å². The quantitative estimate of drug-likeness (QED) is 0.758. The average molecular weight is 264 g/mol. The predicted molar refractivity (Wildman–Crippen MR) is 78.9 cm³/mol. The molecule has 3 nitrogen and oxygen atoms in total. The molecule has 0 aromatic rings. The Labute approximate surface area is 117 Å². The summed E-state index contributed by atoms with van der Waals surface area (Å²) < 4.78 is 0. The normalized spacial score (nSPS) is 21.8. The van der Waals surface area contributed by atoms with Gasteiger partial charge in [0.2, 0.25) is 0 Å². The first-order valence-electron chi connectivity index (χ1n) is 7.64. The molecule has 0 aromatic heterocycles. The number of hydrogen-bond acceptors (Lipinski definition) is 3. The molecule has 0 amide bonds. The van der Waals surface area contributed by atoms with E-state index >= 15 is 0 Å². The molecule has 0 spiro atoms. The van der Waals surface area contributed by atoms with E-state index in [1.165, 1.54) is 37.8 Å². The Hall–Kier alpha value is -0.960. The Morgan fingerprint density at radius 2 is 1.89 bits per heavy atom. The Morgan fingerprint density at radius 3 is 2.47 bits per heavy atom. The van der Waals surface area contributed by atoms with E-state index in [1.54, 1.807) is 0 Å². The van der Waals surface area contributed by atoms with Crippen molar-refractivity contribution in [3.63, 3.8) is 0 Å². The molecule has 2 rings (SSSR count). The van der Waals surface area contributed by atoms with Crippen LogP contribution in [0.25, 0.3) is 0 Å². The SMILES string of the molecule is CCON1C(C2CCCCC2)=CC=CN1C(C)(C)C. The van der Waals surface area contributed by atoms with Crippen molar-refractivity contribution < 1.29 is 4.84 Å². The summed E-state index contributed by atoms with van der Waals surface area (Å²) in [6.07, 6.45) is 13.2. The molecule has 1 aliphatic carbocycles. The Kier molecular flexibility index (Phi) is 4.56. The minimum atomic E-state index is 0.0276. The fourth-order valence-corrected chi connectivity index (χ4v) is 2.92. The van der Waals surface area contributed by atoms with Crippen molar-refractivity contribution in [3.05, 3.63) is 24.0 Å². The molecular formula is C16H28N2O. The summed E-state index contributed by atoms with van der Waals surface area (Å²) in [7, 11) is 0. The van der Waals surface area contributed by atoms with Gasteiger partial charge in [0.15, 0.2) is 0 Å². The molecule has 0 unspecified atom stereocenters. The predicted octanol–water partition coefficient (Wildman–Crippen LogP) is 4.25. The van der Waals surface area contributed by atoms with Crippen LogP contribution < -0.4 is 0 Å². The molecule has 0 bridgehead atoms. The van der Waals surface area contributed by atoms with E-state index in [1.807, 2.05) is 5.17 Å². The molecule has 0 saturated heterocycles. The van der Waals surface area contributed by atoms with Gasteiger partial charge in [0.25, 0.3) is 0 Å². The molecule has 1 heterocycles. The van der Waals surface area contributed by atoms with Crippen molar-refractivity contribution in [2.24, 2.45) is 5.92 Å². The topological polar surface area (TPSA) is 15.7 Å². The monoisotopic (exact) mass is 264 g/mol. The Balaban J connectivity index is 2.20. The molecular weight excluding hydrogens is 236 g/mol. The highest BCUT2D eigenvalue weighted by molar-refractivity contribution is 5.18. The van der Waals surface area contributed by atoms with Crippen molar-refractivity contribution in [1.82, 2.24) is 10.2 Å². The van der Waals surface area contributed by atoms with Gasteiger partial charge in [0.1, 0.15) is 0 Å². The lowest BCUT2D eigenvalue weighted by Gasteiger charge is -2.47. The molecule has 0 radical (unpaired) electrons. The summed E-state index contributed by atoms with van der Waals surface area (Å²) in [5, 5.41) is 4.25. The Morgan fingerprint density at radius 1 is 1.21 bits per heavy atom. The van der Waals surface area contributed by atoms with Gasteiger partial charge in [-0.1, -0.05) is 19.3 Å². The molecule has 1 saturated carbocycles. The highest BCUT2D eigenvalue weighted by Gasteiger charge is 2.32. The standard InChI is InChI=1S/C16H28N2O/c1-5-19-18-15(14-10-7-6-8-11-14)12-9-13-17(18)16(2,3)4/h9,12-14H,5-8,10-11H2,1-4H3. The van der Waals surface area contributed by atoms with E-state index in [0.29, 0.717) is 12.5 Å². The zero-order valence-corrected chi connectivity index (χ0v) is 12.9. The van der Waals surface area contributed by atoms with Crippen LogP contribution in [-0.2, 0) is 4.84 Å². The van der Waals surface area contributed by atoms with Gasteiger partial charge in [-0.25, -0.2) is 0 Å². The van der Waals surface area contributed by atoms with Crippen LogP contribution in [-0.4, -0.2) is 22.3 Å². The van der Waals surface area contributed by atoms with Gasteiger partial charge in [-0.15, -0.1) is 0 Å². The third kappa shape index (κ3) is 3.33. The second kappa shape index (κ2) is 6.00. The second-order valence-electron chi connectivity index (χ2n) is 6.47. The fourth-order valence-electron chi connectivity index (χ4n) is 2.92. The van der Waals surface area contributed by atoms with Crippen molar-refractivity contribution in [1.29, 1.82) is 0 Å². The van der Waals surface area contributed by atoms with Crippen LogP contribution in [0.15, 0.2) is 24.0 Å². The second-order valence-corrected chi connectivity index (χ2v) is 6.47. The van der Waals surface area contributed by atoms with E-state index in [-0.39, 0.29) is 5.54 Å². The average Bonchev–Trinajstić information content (AvgIpc) is 2.39. The van der Waals surface area contributed by atoms with Crippen LogP contribution in [0.2, 0.25) is 0 Å². The molecule has 0 aromatic carbocycles. The molecule has 0 atom stereocenters. The highest BCUT2D eigenvalue weighted by atomic mass is 16.7. The number of rotatable bonds is 3. The number of allylic oxidation sites excluding steroid dienone is 3. The van der Waals surface area contributed by atoms with E-state index < -0.39 is 0 Å². The lowest BCUT2D eigenvalue weighted by atomic mass is 9.86. The van der Waals surface area contributed by atoms with Gasteiger partial charge in [-0.2, -0.15) is 5.17 Å². The lowest BCUT2D eigenvalue weighted by Crippen LogP contribution is -2.51. The highest BCUT2D eigenvalue weighted by Crippen LogP contribution is 2.35. The van der Waals surface area contributed by atoms with Crippen molar-refractivity contribution >= 4 is 0 Å². The van der Waals surface area contributed by atoms with Gasteiger partial charge in [0, 0.05) is 12.1 Å².